The van der Waals surface area contributed by atoms with Crippen LogP contribution in [0.25, 0.3) is 0 Å². The fourth-order valence-electron chi connectivity index (χ4n) is 2.19. The first kappa shape index (κ1) is 20.9. The summed E-state index contributed by atoms with van der Waals surface area (Å²) in [5, 5.41) is 2.66. The van der Waals surface area contributed by atoms with Crippen molar-refractivity contribution < 1.29 is 22.7 Å². The van der Waals surface area contributed by atoms with Crippen LogP contribution in [-0.4, -0.2) is 33.4 Å². The van der Waals surface area contributed by atoms with Crippen LogP contribution in [0.5, 0.6) is 0 Å². The van der Waals surface area contributed by atoms with Gasteiger partial charge in [0.15, 0.2) is 6.10 Å². The second-order valence-electron chi connectivity index (χ2n) is 5.76. The van der Waals surface area contributed by atoms with Gasteiger partial charge in [-0.3, -0.25) is 4.79 Å². The van der Waals surface area contributed by atoms with Crippen LogP contribution in [0, 0.1) is 6.92 Å². The van der Waals surface area contributed by atoms with Gasteiger partial charge < -0.3 is 10.1 Å². The minimum atomic E-state index is -3.76. The Labute approximate surface area is 162 Å². The summed E-state index contributed by atoms with van der Waals surface area (Å²) in [6.45, 7) is 3.29. The first-order valence-corrected chi connectivity index (χ1v) is 9.82. The zero-order valence-corrected chi connectivity index (χ0v) is 16.5. The molecule has 0 heterocycles. The van der Waals surface area contributed by atoms with Gasteiger partial charge in [-0.15, -0.1) is 0 Å². The van der Waals surface area contributed by atoms with Crippen molar-refractivity contribution in [1.29, 1.82) is 0 Å². The van der Waals surface area contributed by atoms with Crippen LogP contribution in [0.15, 0.2) is 47.4 Å². The summed E-state index contributed by atoms with van der Waals surface area (Å²) in [6, 6.07) is 10.8. The molecule has 0 radical (unpaired) electrons. The van der Waals surface area contributed by atoms with E-state index in [4.69, 9.17) is 16.3 Å². The third-order valence-electron chi connectivity index (χ3n) is 3.68. The average Bonchev–Trinajstić information content (AvgIpc) is 2.61. The summed E-state index contributed by atoms with van der Waals surface area (Å²) < 4.78 is 31.0. The van der Waals surface area contributed by atoms with Gasteiger partial charge >= 0.3 is 5.97 Å². The molecular weight excluding hydrogens is 392 g/mol. The van der Waals surface area contributed by atoms with Crippen LogP contribution in [0.2, 0.25) is 5.02 Å². The Morgan fingerprint density at radius 3 is 2.48 bits per heavy atom. The number of benzene rings is 2. The standard InChI is InChI=1S/C18H19ClN2O5S/c1-11-5-4-6-13(9-11)21-17(22)12(2)26-18(23)15-10-14(7-8-16(15)19)27(24,25)20-3/h4-10,12,20H,1-3H3,(H,21,22)/t12-/m1/s1. The molecular formula is C18H19ClN2O5S. The Morgan fingerprint density at radius 1 is 1.15 bits per heavy atom. The fraction of sp³-hybridized carbons (Fsp3) is 0.222. The van der Waals surface area contributed by atoms with E-state index < -0.39 is 28.0 Å². The minimum Gasteiger partial charge on any atom is -0.449 e. The lowest BCUT2D eigenvalue weighted by Crippen LogP contribution is -2.30. The van der Waals surface area contributed by atoms with Gasteiger partial charge in [0.05, 0.1) is 15.5 Å². The monoisotopic (exact) mass is 410 g/mol. The molecule has 1 atom stereocenters. The van der Waals surface area contributed by atoms with Crippen molar-refractivity contribution in [3.63, 3.8) is 0 Å². The number of amides is 1. The number of nitrogens with one attached hydrogen (secondary N) is 2. The zero-order chi connectivity index (χ0) is 20.2. The van der Waals surface area contributed by atoms with Gasteiger partial charge in [-0.1, -0.05) is 23.7 Å². The molecule has 0 spiro atoms. The van der Waals surface area contributed by atoms with Crippen LogP contribution >= 0.6 is 11.6 Å². The lowest BCUT2D eigenvalue weighted by Gasteiger charge is -2.15. The molecule has 0 aliphatic heterocycles. The second kappa shape index (κ2) is 8.51. The Morgan fingerprint density at radius 2 is 1.85 bits per heavy atom. The predicted octanol–water partition coefficient (Wildman–Crippen LogP) is 2.74. The summed E-state index contributed by atoms with van der Waals surface area (Å²) >= 11 is 5.98. The number of aryl methyl sites for hydroxylation is 1. The quantitative estimate of drug-likeness (QED) is 0.713. The van der Waals surface area contributed by atoms with E-state index in [1.807, 2.05) is 13.0 Å². The summed E-state index contributed by atoms with van der Waals surface area (Å²) in [5.74, 6) is -1.43. The van der Waals surface area contributed by atoms with Crippen LogP contribution in [-0.2, 0) is 19.6 Å². The van der Waals surface area contributed by atoms with E-state index in [9.17, 15) is 18.0 Å². The molecule has 0 aliphatic rings. The summed E-state index contributed by atoms with van der Waals surface area (Å²) in [7, 11) is -2.51. The number of sulfonamides is 1. The number of ether oxygens (including phenoxy) is 1. The van der Waals surface area contributed by atoms with E-state index in [0.717, 1.165) is 11.6 Å². The Balaban J connectivity index is 2.14. The maximum absolute atomic E-state index is 12.4. The number of hydrogen-bond acceptors (Lipinski definition) is 5. The third kappa shape index (κ3) is 5.29. The van der Waals surface area contributed by atoms with Crippen molar-refractivity contribution in [2.75, 3.05) is 12.4 Å². The second-order valence-corrected chi connectivity index (χ2v) is 8.05. The van der Waals surface area contributed by atoms with E-state index in [-0.39, 0.29) is 15.5 Å². The first-order valence-electron chi connectivity index (χ1n) is 7.95. The summed E-state index contributed by atoms with van der Waals surface area (Å²) in [4.78, 5) is 24.4. The molecule has 0 unspecified atom stereocenters. The van der Waals surface area contributed by atoms with Gasteiger partial charge in [-0.05, 0) is 56.8 Å². The Kier molecular flexibility index (Phi) is 6.59. The summed E-state index contributed by atoms with van der Waals surface area (Å²) in [6.07, 6.45) is -1.11. The SMILES string of the molecule is CNS(=O)(=O)c1ccc(Cl)c(C(=O)O[C@H](C)C(=O)Nc2cccc(C)c2)c1. The normalized spacial score (nSPS) is 12.3. The highest BCUT2D eigenvalue weighted by Gasteiger charge is 2.23. The maximum atomic E-state index is 12.4. The van der Waals surface area contributed by atoms with E-state index in [0.29, 0.717) is 5.69 Å². The summed E-state index contributed by atoms with van der Waals surface area (Å²) in [5.41, 5.74) is 1.39. The van der Waals surface area contributed by atoms with E-state index in [1.54, 1.807) is 18.2 Å². The van der Waals surface area contributed by atoms with Crippen LogP contribution < -0.4 is 10.0 Å². The van der Waals surface area contributed by atoms with Crippen molar-refractivity contribution >= 4 is 39.2 Å². The Hall–Kier alpha value is -2.42. The lowest BCUT2D eigenvalue weighted by molar-refractivity contribution is -0.123. The molecule has 0 saturated carbocycles. The van der Waals surface area contributed by atoms with Crippen LogP contribution in [0.3, 0.4) is 0 Å². The van der Waals surface area contributed by atoms with Gasteiger partial charge in [0.1, 0.15) is 0 Å². The molecule has 144 valence electrons. The van der Waals surface area contributed by atoms with Crippen molar-refractivity contribution in [3.05, 3.63) is 58.6 Å². The molecule has 0 aliphatic carbocycles. The predicted molar refractivity (Wildman–Crippen MR) is 102 cm³/mol. The molecule has 1 amide bonds. The number of esters is 1. The molecule has 2 aromatic rings. The number of hydrogen-bond donors (Lipinski definition) is 2. The molecule has 0 aromatic heterocycles. The molecule has 0 fully saturated rings. The van der Waals surface area contributed by atoms with Crippen molar-refractivity contribution in [2.45, 2.75) is 24.8 Å². The topological polar surface area (TPSA) is 102 Å². The number of rotatable bonds is 6. The van der Waals surface area contributed by atoms with Crippen LogP contribution in [0.1, 0.15) is 22.8 Å². The number of anilines is 1. The molecule has 27 heavy (non-hydrogen) atoms. The number of carbonyl (C=O) groups excluding carboxylic acids is 2. The van der Waals surface area contributed by atoms with Crippen molar-refractivity contribution in [3.8, 4) is 0 Å². The van der Waals surface area contributed by atoms with Gasteiger partial charge in [0, 0.05) is 5.69 Å². The highest BCUT2D eigenvalue weighted by Crippen LogP contribution is 2.22. The molecule has 0 bridgehead atoms. The number of carbonyl (C=O) groups is 2. The molecule has 7 nitrogen and oxygen atoms in total. The fourth-order valence-corrected chi connectivity index (χ4v) is 3.14. The maximum Gasteiger partial charge on any atom is 0.340 e. The molecule has 2 aromatic carbocycles. The smallest absolute Gasteiger partial charge is 0.340 e. The molecule has 2 N–H and O–H groups in total. The van der Waals surface area contributed by atoms with Gasteiger partial charge in [-0.25, -0.2) is 17.9 Å². The van der Waals surface area contributed by atoms with Crippen LogP contribution in [0.4, 0.5) is 5.69 Å². The van der Waals surface area contributed by atoms with Crippen molar-refractivity contribution in [2.24, 2.45) is 0 Å². The van der Waals surface area contributed by atoms with Gasteiger partial charge in [0.2, 0.25) is 10.0 Å². The van der Waals surface area contributed by atoms with E-state index in [2.05, 4.69) is 10.0 Å². The van der Waals surface area contributed by atoms with Crippen molar-refractivity contribution in [1.82, 2.24) is 4.72 Å². The zero-order valence-electron chi connectivity index (χ0n) is 14.9. The number of halogens is 1. The highest BCUT2D eigenvalue weighted by atomic mass is 35.5. The van der Waals surface area contributed by atoms with E-state index >= 15 is 0 Å². The molecule has 2 rings (SSSR count). The Bertz CT molecular complexity index is 975. The highest BCUT2D eigenvalue weighted by molar-refractivity contribution is 7.89. The first-order chi connectivity index (χ1) is 12.6. The lowest BCUT2D eigenvalue weighted by atomic mass is 10.2. The minimum absolute atomic E-state index is 0.0151. The van der Waals surface area contributed by atoms with E-state index in [1.165, 1.54) is 26.1 Å². The van der Waals surface area contributed by atoms with Gasteiger partial charge in [0.25, 0.3) is 5.91 Å². The molecule has 9 heteroatoms. The average molecular weight is 411 g/mol. The van der Waals surface area contributed by atoms with Gasteiger partial charge in [-0.2, -0.15) is 0 Å². The third-order valence-corrected chi connectivity index (χ3v) is 5.42. The molecule has 0 saturated heterocycles. The largest absolute Gasteiger partial charge is 0.449 e.